The molecule has 1 fully saturated rings. The summed E-state index contributed by atoms with van der Waals surface area (Å²) in [7, 11) is 1.01. The number of amides is 1. The van der Waals surface area contributed by atoms with E-state index in [0.717, 1.165) is 33.9 Å². The average Bonchev–Trinajstić information content (AvgIpc) is 2.70. The Balaban J connectivity index is 2.80. The van der Waals surface area contributed by atoms with E-state index in [4.69, 9.17) is 15.2 Å². The topological polar surface area (TPSA) is 61.5 Å². The van der Waals surface area contributed by atoms with Gasteiger partial charge in [0.2, 0.25) is 11.7 Å². The fourth-order valence-electron chi connectivity index (χ4n) is 3.47. The Morgan fingerprint density at radius 2 is 1.80 bits per heavy atom. The maximum atomic E-state index is 14.1. The molecule has 4 nitrogen and oxygen atoms in total. The Bertz CT molecular complexity index is 722. The molecule has 1 saturated heterocycles. The zero-order chi connectivity index (χ0) is 19.4. The highest BCUT2D eigenvalue weighted by atomic mass is 19.4. The van der Waals surface area contributed by atoms with E-state index in [9.17, 15) is 26.7 Å². The van der Waals surface area contributed by atoms with Crippen molar-refractivity contribution in [2.24, 2.45) is 5.73 Å². The molecule has 0 bridgehead atoms. The number of ether oxygens (including phenoxy) is 2. The monoisotopic (exact) mass is 367 g/mol. The van der Waals surface area contributed by atoms with E-state index in [2.05, 4.69) is 0 Å². The van der Waals surface area contributed by atoms with Crippen molar-refractivity contribution in [3.63, 3.8) is 0 Å². The molecular weight excluding hydrogens is 349 g/mol. The zero-order valence-corrected chi connectivity index (χ0v) is 14.1. The molecule has 0 aromatic heterocycles. The second-order valence-electron chi connectivity index (χ2n) is 6.68. The molecule has 140 valence electrons. The average molecular weight is 367 g/mol. The molecule has 2 N–H and O–H groups in total. The fourth-order valence-corrected chi connectivity index (χ4v) is 3.47. The minimum atomic E-state index is -4.93. The van der Waals surface area contributed by atoms with Crippen molar-refractivity contribution in [1.82, 2.24) is 0 Å². The van der Waals surface area contributed by atoms with Crippen molar-refractivity contribution in [3.05, 3.63) is 29.3 Å². The van der Waals surface area contributed by atoms with E-state index in [1.54, 1.807) is 0 Å². The number of carbonyl (C=O) groups excluding carboxylic acids is 1. The second kappa shape index (κ2) is 5.55. The van der Waals surface area contributed by atoms with Crippen LogP contribution in [0.15, 0.2) is 12.1 Å². The van der Waals surface area contributed by atoms with Crippen LogP contribution in [-0.2, 0) is 14.9 Å². The Morgan fingerprint density at radius 3 is 2.24 bits per heavy atom. The molecular formula is C16H18F5NO3. The first-order valence-electron chi connectivity index (χ1n) is 7.33. The molecule has 3 atom stereocenters. The number of alkyl halides is 3. The van der Waals surface area contributed by atoms with Crippen molar-refractivity contribution in [1.29, 1.82) is 0 Å². The predicted octanol–water partition coefficient (Wildman–Crippen LogP) is 3.22. The number of benzene rings is 1. The van der Waals surface area contributed by atoms with Crippen LogP contribution >= 0.6 is 0 Å². The van der Waals surface area contributed by atoms with E-state index < -0.39 is 52.5 Å². The first-order chi connectivity index (χ1) is 11.2. The molecule has 25 heavy (non-hydrogen) atoms. The summed E-state index contributed by atoms with van der Waals surface area (Å²) in [5.74, 6) is -4.45. The molecule has 0 unspecified atom stereocenters. The minimum absolute atomic E-state index is 0.265. The summed E-state index contributed by atoms with van der Waals surface area (Å²) in [6, 6.07) is 1.70. The molecule has 2 rings (SSSR count). The van der Waals surface area contributed by atoms with E-state index in [0.29, 0.717) is 6.07 Å². The standard InChI is InChI=1S/C16H18F5NO3/c1-13(8-5-6-9(17)10(18)11(8)24-4)7-14(2,12(22)23)25-15(13,3)16(19,20)21/h5-6H,7H2,1-4H3,(H2,22,23)/t13-,14+,15+/m0/s1. The Labute approximate surface area is 141 Å². The van der Waals surface area contributed by atoms with Crippen LogP contribution in [0.4, 0.5) is 22.0 Å². The van der Waals surface area contributed by atoms with Crippen molar-refractivity contribution >= 4 is 5.91 Å². The number of hydrogen-bond acceptors (Lipinski definition) is 3. The summed E-state index contributed by atoms with van der Waals surface area (Å²) in [5, 5.41) is 0. The third kappa shape index (κ3) is 2.56. The molecule has 0 radical (unpaired) electrons. The van der Waals surface area contributed by atoms with Gasteiger partial charge in [-0.15, -0.1) is 0 Å². The number of primary amides is 1. The quantitative estimate of drug-likeness (QED) is 0.835. The zero-order valence-electron chi connectivity index (χ0n) is 14.1. The van der Waals surface area contributed by atoms with Gasteiger partial charge in [-0.3, -0.25) is 4.79 Å². The van der Waals surface area contributed by atoms with Crippen molar-refractivity contribution < 1.29 is 36.2 Å². The van der Waals surface area contributed by atoms with E-state index >= 15 is 0 Å². The van der Waals surface area contributed by atoms with E-state index in [1.165, 1.54) is 0 Å². The lowest BCUT2D eigenvalue weighted by Gasteiger charge is -2.41. The highest BCUT2D eigenvalue weighted by Gasteiger charge is 2.72. The van der Waals surface area contributed by atoms with Crippen LogP contribution in [0.3, 0.4) is 0 Å². The molecule has 0 spiro atoms. The maximum absolute atomic E-state index is 14.1. The molecule has 1 aromatic rings. The predicted molar refractivity (Wildman–Crippen MR) is 78.0 cm³/mol. The van der Waals surface area contributed by atoms with Gasteiger partial charge < -0.3 is 15.2 Å². The van der Waals surface area contributed by atoms with Gasteiger partial charge in [0.05, 0.1) is 7.11 Å². The second-order valence-corrected chi connectivity index (χ2v) is 6.68. The molecule has 1 aromatic carbocycles. The van der Waals surface area contributed by atoms with Crippen LogP contribution < -0.4 is 10.5 Å². The molecule has 0 aliphatic carbocycles. The normalized spacial score (nSPS) is 32.7. The van der Waals surface area contributed by atoms with Crippen molar-refractivity contribution in [2.45, 2.75) is 50.0 Å². The highest BCUT2D eigenvalue weighted by molar-refractivity contribution is 5.84. The highest BCUT2D eigenvalue weighted by Crippen LogP contribution is 2.60. The van der Waals surface area contributed by atoms with Crippen molar-refractivity contribution in [2.75, 3.05) is 7.11 Å². The molecule has 1 aliphatic heterocycles. The van der Waals surface area contributed by atoms with E-state index in [-0.39, 0.29) is 5.56 Å². The maximum Gasteiger partial charge on any atom is 0.418 e. The summed E-state index contributed by atoms with van der Waals surface area (Å²) in [5.41, 5.74) is -1.84. The summed E-state index contributed by atoms with van der Waals surface area (Å²) in [6.45, 7) is 3.04. The molecule has 1 aliphatic rings. The summed E-state index contributed by atoms with van der Waals surface area (Å²) >= 11 is 0. The summed E-state index contributed by atoms with van der Waals surface area (Å²) in [6.07, 6.45) is -5.42. The van der Waals surface area contributed by atoms with Gasteiger partial charge in [0.1, 0.15) is 5.60 Å². The van der Waals surface area contributed by atoms with Gasteiger partial charge >= 0.3 is 6.18 Å². The van der Waals surface area contributed by atoms with Crippen molar-refractivity contribution in [3.8, 4) is 5.75 Å². The molecule has 9 heteroatoms. The first-order valence-corrected chi connectivity index (χ1v) is 7.33. The van der Waals surface area contributed by atoms with Gasteiger partial charge in [0, 0.05) is 11.0 Å². The minimum Gasteiger partial charge on any atom is -0.493 e. The van der Waals surface area contributed by atoms with E-state index in [1.807, 2.05) is 0 Å². The lowest BCUT2D eigenvalue weighted by molar-refractivity contribution is -0.286. The Hall–Kier alpha value is -1.90. The number of hydrogen-bond donors (Lipinski definition) is 1. The van der Waals surface area contributed by atoms with Crippen LogP contribution in [-0.4, -0.2) is 30.4 Å². The number of methoxy groups -OCH3 is 1. The third-order valence-electron chi connectivity index (χ3n) is 5.08. The van der Waals surface area contributed by atoms with Gasteiger partial charge in [0.25, 0.3) is 0 Å². The number of nitrogens with two attached hydrogens (primary N) is 1. The van der Waals surface area contributed by atoms with Crippen LogP contribution in [0, 0.1) is 11.6 Å². The lowest BCUT2D eigenvalue weighted by atomic mass is 9.66. The lowest BCUT2D eigenvalue weighted by Crippen LogP contribution is -2.55. The van der Waals surface area contributed by atoms with Gasteiger partial charge in [-0.25, -0.2) is 4.39 Å². The first kappa shape index (κ1) is 19.4. The summed E-state index contributed by atoms with van der Waals surface area (Å²) in [4.78, 5) is 11.7. The van der Waals surface area contributed by atoms with Crippen LogP contribution in [0.1, 0.15) is 32.8 Å². The van der Waals surface area contributed by atoms with Gasteiger partial charge in [0.15, 0.2) is 17.2 Å². The van der Waals surface area contributed by atoms with Crippen LogP contribution in [0.2, 0.25) is 0 Å². The van der Waals surface area contributed by atoms with Gasteiger partial charge in [-0.05, 0) is 26.3 Å². The number of halogens is 5. The third-order valence-corrected chi connectivity index (χ3v) is 5.08. The molecule has 1 amide bonds. The van der Waals surface area contributed by atoms with Gasteiger partial charge in [-0.2, -0.15) is 17.6 Å². The summed E-state index contributed by atoms with van der Waals surface area (Å²) < 4.78 is 79.1. The number of rotatable bonds is 3. The van der Waals surface area contributed by atoms with Gasteiger partial charge in [-0.1, -0.05) is 13.0 Å². The SMILES string of the molecule is COc1c([C@]2(C)C[C@](C)(C(N)=O)O[C@@]2(C)C(F)(F)F)ccc(F)c1F. The largest absolute Gasteiger partial charge is 0.493 e. The Morgan fingerprint density at radius 1 is 1.24 bits per heavy atom. The Kier molecular flexibility index (Phi) is 4.31. The molecule has 0 saturated carbocycles. The smallest absolute Gasteiger partial charge is 0.418 e. The fraction of sp³-hybridized carbons (Fsp3) is 0.562. The number of carbonyl (C=O) groups is 1. The van der Waals surface area contributed by atoms with Crippen LogP contribution in [0.25, 0.3) is 0 Å². The molecule has 1 heterocycles. The van der Waals surface area contributed by atoms with Crippen LogP contribution in [0.5, 0.6) is 5.75 Å².